The van der Waals surface area contributed by atoms with Crippen LogP contribution in [0.2, 0.25) is 0 Å². The molecule has 0 aromatic heterocycles. The molecule has 3 aromatic carbocycles. The zero-order valence-electron chi connectivity index (χ0n) is 17.5. The van der Waals surface area contributed by atoms with Crippen molar-refractivity contribution < 1.29 is 14.3 Å². The predicted octanol–water partition coefficient (Wildman–Crippen LogP) is 4.14. The van der Waals surface area contributed by atoms with Gasteiger partial charge in [0, 0.05) is 31.0 Å². The molecule has 31 heavy (non-hydrogen) atoms. The van der Waals surface area contributed by atoms with Gasteiger partial charge in [0.05, 0.1) is 13.2 Å². The summed E-state index contributed by atoms with van der Waals surface area (Å²) in [5.74, 6) is 0.676. The number of methoxy groups -OCH3 is 1. The highest BCUT2D eigenvalue weighted by atomic mass is 16.5. The maximum atomic E-state index is 12.9. The van der Waals surface area contributed by atoms with Gasteiger partial charge in [-0.1, -0.05) is 60.7 Å². The van der Waals surface area contributed by atoms with Crippen LogP contribution >= 0.6 is 0 Å². The summed E-state index contributed by atoms with van der Waals surface area (Å²) < 4.78 is 5.18. The lowest BCUT2D eigenvalue weighted by atomic mass is 9.88. The molecule has 0 aliphatic carbocycles. The molecule has 4 rings (SSSR count). The summed E-state index contributed by atoms with van der Waals surface area (Å²) in [5, 5.41) is 3.08. The van der Waals surface area contributed by atoms with Crippen LogP contribution in [0, 0.1) is 0 Å². The molecule has 1 aliphatic rings. The summed E-state index contributed by atoms with van der Waals surface area (Å²) in [6.45, 7) is 0.470. The van der Waals surface area contributed by atoms with Crippen molar-refractivity contribution in [1.29, 1.82) is 0 Å². The van der Waals surface area contributed by atoms with Crippen LogP contribution in [0.15, 0.2) is 84.9 Å². The molecule has 5 nitrogen and oxygen atoms in total. The van der Waals surface area contributed by atoms with Gasteiger partial charge in [0.1, 0.15) is 5.75 Å². The van der Waals surface area contributed by atoms with E-state index in [-0.39, 0.29) is 23.8 Å². The van der Waals surface area contributed by atoms with Crippen LogP contribution in [0.3, 0.4) is 0 Å². The fourth-order valence-corrected chi connectivity index (χ4v) is 4.09. The van der Waals surface area contributed by atoms with E-state index >= 15 is 0 Å². The van der Waals surface area contributed by atoms with Crippen LogP contribution in [0.4, 0.5) is 5.69 Å². The summed E-state index contributed by atoms with van der Waals surface area (Å²) in [6, 6.07) is 27.3. The Morgan fingerprint density at radius 2 is 1.55 bits per heavy atom. The Hall–Kier alpha value is -3.60. The molecular weight excluding hydrogens is 388 g/mol. The standard InChI is InChI=1S/C26H26N2O3/c1-31-23-14-12-22(13-15-23)28-18-21(16-26(28)30)27-25(29)17-24(19-8-4-2-5-9-19)20-10-6-3-7-11-20/h2-15,21,24H,16-18H2,1H3,(H,27,29)/t21-/m1/s1. The van der Waals surface area contributed by atoms with Crippen LogP contribution in [-0.4, -0.2) is 31.5 Å². The van der Waals surface area contributed by atoms with E-state index in [0.29, 0.717) is 19.4 Å². The Bertz CT molecular complexity index is 980. The van der Waals surface area contributed by atoms with Gasteiger partial charge in [-0.15, -0.1) is 0 Å². The van der Waals surface area contributed by atoms with E-state index in [1.807, 2.05) is 60.7 Å². The number of carbonyl (C=O) groups excluding carboxylic acids is 2. The van der Waals surface area contributed by atoms with E-state index in [1.54, 1.807) is 12.0 Å². The van der Waals surface area contributed by atoms with Crippen molar-refractivity contribution in [3.8, 4) is 5.75 Å². The maximum Gasteiger partial charge on any atom is 0.229 e. The fourth-order valence-electron chi connectivity index (χ4n) is 4.09. The topological polar surface area (TPSA) is 58.6 Å². The van der Waals surface area contributed by atoms with Gasteiger partial charge in [0.15, 0.2) is 0 Å². The van der Waals surface area contributed by atoms with Gasteiger partial charge in [-0.2, -0.15) is 0 Å². The Balaban J connectivity index is 1.43. The first-order chi connectivity index (χ1) is 15.1. The number of hydrogen-bond donors (Lipinski definition) is 1. The molecule has 1 saturated heterocycles. The largest absolute Gasteiger partial charge is 0.497 e. The van der Waals surface area contributed by atoms with Crippen molar-refractivity contribution in [1.82, 2.24) is 5.32 Å². The zero-order chi connectivity index (χ0) is 21.6. The van der Waals surface area contributed by atoms with Gasteiger partial charge in [-0.25, -0.2) is 0 Å². The maximum absolute atomic E-state index is 12.9. The van der Waals surface area contributed by atoms with Crippen LogP contribution in [0.5, 0.6) is 5.75 Å². The summed E-state index contributed by atoms with van der Waals surface area (Å²) in [6.07, 6.45) is 0.639. The highest BCUT2D eigenvalue weighted by molar-refractivity contribution is 5.97. The molecule has 1 atom stereocenters. The number of hydrogen-bond acceptors (Lipinski definition) is 3. The van der Waals surface area contributed by atoms with E-state index in [0.717, 1.165) is 22.6 Å². The zero-order valence-corrected chi connectivity index (χ0v) is 17.5. The predicted molar refractivity (Wildman–Crippen MR) is 121 cm³/mol. The van der Waals surface area contributed by atoms with Crippen molar-refractivity contribution in [3.63, 3.8) is 0 Å². The molecule has 1 aliphatic heterocycles. The molecular formula is C26H26N2O3. The van der Waals surface area contributed by atoms with Crippen LogP contribution < -0.4 is 15.0 Å². The lowest BCUT2D eigenvalue weighted by molar-refractivity contribution is -0.122. The lowest BCUT2D eigenvalue weighted by Gasteiger charge is -2.20. The van der Waals surface area contributed by atoms with Gasteiger partial charge in [-0.05, 0) is 35.4 Å². The molecule has 0 unspecified atom stereocenters. The summed E-state index contributed by atoms with van der Waals surface area (Å²) in [5.41, 5.74) is 3.02. The second-order valence-electron chi connectivity index (χ2n) is 7.75. The van der Waals surface area contributed by atoms with Crippen molar-refractivity contribution in [2.75, 3.05) is 18.6 Å². The molecule has 1 fully saturated rings. The van der Waals surface area contributed by atoms with Gasteiger partial charge in [0.25, 0.3) is 0 Å². The Kier molecular flexibility index (Phi) is 6.32. The number of benzene rings is 3. The monoisotopic (exact) mass is 414 g/mol. The Morgan fingerprint density at radius 3 is 2.10 bits per heavy atom. The lowest BCUT2D eigenvalue weighted by Crippen LogP contribution is -2.37. The summed E-state index contributed by atoms with van der Waals surface area (Å²) in [4.78, 5) is 27.2. The van der Waals surface area contributed by atoms with Crippen LogP contribution in [0.25, 0.3) is 0 Å². The highest BCUT2D eigenvalue weighted by Crippen LogP contribution is 2.28. The Morgan fingerprint density at radius 1 is 0.968 bits per heavy atom. The van der Waals surface area contributed by atoms with Crippen molar-refractivity contribution in [2.24, 2.45) is 0 Å². The third-order valence-corrected chi connectivity index (χ3v) is 5.67. The average molecular weight is 415 g/mol. The van der Waals surface area contributed by atoms with Gasteiger partial charge < -0.3 is 15.0 Å². The summed E-state index contributed by atoms with van der Waals surface area (Å²) >= 11 is 0. The molecule has 2 amide bonds. The number of nitrogens with zero attached hydrogens (tertiary/aromatic N) is 1. The van der Waals surface area contributed by atoms with Gasteiger partial charge in [-0.3, -0.25) is 9.59 Å². The minimum atomic E-state index is -0.200. The van der Waals surface area contributed by atoms with Gasteiger partial charge >= 0.3 is 0 Å². The minimum absolute atomic E-state index is 0.0122. The normalized spacial score (nSPS) is 15.9. The molecule has 0 radical (unpaired) electrons. The SMILES string of the molecule is COc1ccc(N2C[C@H](NC(=O)CC(c3ccccc3)c3ccccc3)CC2=O)cc1. The molecule has 0 bridgehead atoms. The number of amides is 2. The summed E-state index contributed by atoms with van der Waals surface area (Å²) in [7, 11) is 1.61. The van der Waals surface area contributed by atoms with E-state index in [9.17, 15) is 9.59 Å². The molecule has 3 aromatic rings. The van der Waals surface area contributed by atoms with E-state index in [2.05, 4.69) is 29.6 Å². The molecule has 158 valence electrons. The molecule has 0 spiro atoms. The second-order valence-corrected chi connectivity index (χ2v) is 7.75. The first-order valence-corrected chi connectivity index (χ1v) is 10.5. The molecule has 1 N–H and O–H groups in total. The third-order valence-electron chi connectivity index (χ3n) is 5.67. The highest BCUT2D eigenvalue weighted by Gasteiger charge is 2.32. The molecule has 5 heteroatoms. The third kappa shape index (κ3) is 4.94. The quantitative estimate of drug-likeness (QED) is 0.632. The average Bonchev–Trinajstić information content (AvgIpc) is 3.18. The van der Waals surface area contributed by atoms with E-state index in [1.165, 1.54) is 0 Å². The molecule has 1 heterocycles. The van der Waals surface area contributed by atoms with Gasteiger partial charge in [0.2, 0.25) is 11.8 Å². The molecule has 0 saturated carbocycles. The fraction of sp³-hybridized carbons (Fsp3) is 0.231. The number of anilines is 1. The van der Waals surface area contributed by atoms with Crippen LogP contribution in [-0.2, 0) is 9.59 Å². The minimum Gasteiger partial charge on any atom is -0.497 e. The number of rotatable bonds is 7. The first-order valence-electron chi connectivity index (χ1n) is 10.5. The number of nitrogens with one attached hydrogen (secondary N) is 1. The number of carbonyl (C=O) groups is 2. The smallest absolute Gasteiger partial charge is 0.229 e. The Labute approximate surface area is 182 Å². The van der Waals surface area contributed by atoms with E-state index < -0.39 is 0 Å². The number of ether oxygens (including phenoxy) is 1. The van der Waals surface area contributed by atoms with Crippen molar-refractivity contribution >= 4 is 17.5 Å². The second kappa shape index (κ2) is 9.47. The van der Waals surface area contributed by atoms with Crippen LogP contribution in [0.1, 0.15) is 29.9 Å². The van der Waals surface area contributed by atoms with Crippen molar-refractivity contribution in [2.45, 2.75) is 24.8 Å². The van der Waals surface area contributed by atoms with Crippen molar-refractivity contribution in [3.05, 3.63) is 96.1 Å². The first kappa shape index (κ1) is 20.7. The van der Waals surface area contributed by atoms with E-state index in [4.69, 9.17) is 4.74 Å².